The normalized spacial score (nSPS) is 18.0. The molecule has 1 heterocycles. The molecule has 0 radical (unpaired) electrons. The van der Waals surface area contributed by atoms with Gasteiger partial charge in [-0.25, -0.2) is 0 Å². The fraction of sp³-hybridized carbons (Fsp3) is 0.364. The summed E-state index contributed by atoms with van der Waals surface area (Å²) >= 11 is 0. The van der Waals surface area contributed by atoms with E-state index in [4.69, 9.17) is 5.73 Å². The van der Waals surface area contributed by atoms with Gasteiger partial charge >= 0.3 is 6.61 Å². The lowest BCUT2D eigenvalue weighted by molar-refractivity contribution is -0.127. The SMILES string of the molecule is NC(=O)[C@H]1CCCN(CC(=O)N[C@H](c2ccccc2)c2ccc(OC(F)F)cc2)C1. The minimum Gasteiger partial charge on any atom is -0.435 e. The van der Waals surface area contributed by atoms with Crippen LogP contribution in [0, 0.1) is 5.92 Å². The van der Waals surface area contributed by atoms with Crippen LogP contribution in [0.5, 0.6) is 5.75 Å². The second-order valence-corrected chi connectivity index (χ2v) is 7.34. The third-order valence-corrected chi connectivity index (χ3v) is 5.15. The Morgan fingerprint density at radius 1 is 1.10 bits per heavy atom. The van der Waals surface area contributed by atoms with E-state index in [1.165, 1.54) is 12.1 Å². The van der Waals surface area contributed by atoms with E-state index in [-0.39, 0.29) is 30.0 Å². The van der Waals surface area contributed by atoms with Crippen LogP contribution in [-0.4, -0.2) is 43.0 Å². The summed E-state index contributed by atoms with van der Waals surface area (Å²) in [5.74, 6) is -0.716. The summed E-state index contributed by atoms with van der Waals surface area (Å²) in [4.78, 5) is 26.2. The van der Waals surface area contributed by atoms with Crippen LogP contribution < -0.4 is 15.8 Å². The molecule has 1 fully saturated rings. The molecule has 0 bridgehead atoms. The van der Waals surface area contributed by atoms with Crippen molar-refractivity contribution in [2.45, 2.75) is 25.5 Å². The number of hydrogen-bond acceptors (Lipinski definition) is 4. The molecule has 0 aliphatic carbocycles. The van der Waals surface area contributed by atoms with Gasteiger partial charge in [-0.05, 0) is 42.6 Å². The number of ether oxygens (including phenoxy) is 1. The van der Waals surface area contributed by atoms with Gasteiger partial charge in [-0.1, -0.05) is 42.5 Å². The van der Waals surface area contributed by atoms with Crippen molar-refractivity contribution in [3.63, 3.8) is 0 Å². The molecule has 30 heavy (non-hydrogen) atoms. The number of nitrogens with zero attached hydrogens (tertiary/aromatic N) is 1. The third-order valence-electron chi connectivity index (χ3n) is 5.15. The molecular weight excluding hydrogens is 392 g/mol. The second kappa shape index (κ2) is 10.2. The molecule has 3 N–H and O–H groups in total. The summed E-state index contributed by atoms with van der Waals surface area (Å²) in [6, 6.07) is 15.1. The lowest BCUT2D eigenvalue weighted by Crippen LogP contribution is -2.46. The summed E-state index contributed by atoms with van der Waals surface area (Å²) in [7, 11) is 0. The van der Waals surface area contributed by atoms with Gasteiger partial charge in [-0.2, -0.15) is 8.78 Å². The maximum atomic E-state index is 12.8. The number of likely N-dealkylation sites (tertiary alicyclic amines) is 1. The van der Waals surface area contributed by atoms with Crippen LogP contribution in [-0.2, 0) is 9.59 Å². The van der Waals surface area contributed by atoms with Crippen molar-refractivity contribution >= 4 is 11.8 Å². The average molecular weight is 417 g/mol. The minimum atomic E-state index is -2.89. The van der Waals surface area contributed by atoms with Crippen molar-refractivity contribution in [1.29, 1.82) is 0 Å². The molecule has 0 saturated carbocycles. The van der Waals surface area contributed by atoms with Crippen molar-refractivity contribution in [3.8, 4) is 5.75 Å². The molecule has 1 saturated heterocycles. The molecule has 0 aromatic heterocycles. The lowest BCUT2D eigenvalue weighted by atomic mass is 9.97. The molecule has 1 aliphatic heterocycles. The predicted octanol–water partition coefficient (Wildman–Crippen LogP) is 2.69. The first kappa shape index (κ1) is 21.7. The number of alkyl halides is 2. The van der Waals surface area contributed by atoms with Crippen LogP contribution in [0.15, 0.2) is 54.6 Å². The Kier molecular flexibility index (Phi) is 7.35. The van der Waals surface area contributed by atoms with Gasteiger partial charge in [-0.15, -0.1) is 0 Å². The second-order valence-electron chi connectivity index (χ2n) is 7.34. The molecule has 8 heteroatoms. The first-order valence-corrected chi connectivity index (χ1v) is 9.83. The quantitative estimate of drug-likeness (QED) is 0.692. The van der Waals surface area contributed by atoms with Gasteiger partial charge < -0.3 is 15.8 Å². The number of piperidine rings is 1. The van der Waals surface area contributed by atoms with Gasteiger partial charge in [-0.3, -0.25) is 14.5 Å². The van der Waals surface area contributed by atoms with E-state index < -0.39 is 12.7 Å². The Balaban J connectivity index is 1.72. The predicted molar refractivity (Wildman–Crippen MR) is 108 cm³/mol. The average Bonchev–Trinajstić information content (AvgIpc) is 2.73. The van der Waals surface area contributed by atoms with Crippen LogP contribution in [0.4, 0.5) is 8.78 Å². The van der Waals surface area contributed by atoms with Crippen LogP contribution in [0.3, 0.4) is 0 Å². The molecule has 2 atom stereocenters. The van der Waals surface area contributed by atoms with Crippen molar-refractivity contribution in [2.24, 2.45) is 11.7 Å². The van der Waals surface area contributed by atoms with Gasteiger partial charge in [0.2, 0.25) is 11.8 Å². The fourth-order valence-electron chi connectivity index (χ4n) is 3.69. The molecule has 6 nitrogen and oxygen atoms in total. The summed E-state index contributed by atoms with van der Waals surface area (Å²) in [6.07, 6.45) is 1.56. The monoisotopic (exact) mass is 417 g/mol. The standard InChI is InChI=1S/C22H25F2N3O3/c23-22(24)30-18-10-8-16(9-11-18)20(15-5-2-1-3-6-15)26-19(28)14-27-12-4-7-17(13-27)21(25)29/h1-3,5-6,8-11,17,20,22H,4,7,12-14H2,(H2,25,29)(H,26,28)/t17-,20+/m0/s1. The van der Waals surface area contributed by atoms with Gasteiger partial charge in [0.15, 0.2) is 0 Å². The largest absolute Gasteiger partial charge is 0.435 e. The van der Waals surface area contributed by atoms with E-state index in [2.05, 4.69) is 10.1 Å². The molecule has 0 unspecified atom stereocenters. The number of nitrogens with one attached hydrogen (secondary N) is 1. The van der Waals surface area contributed by atoms with Crippen LogP contribution in [0.1, 0.15) is 30.0 Å². The number of carbonyl (C=O) groups excluding carboxylic acids is 2. The maximum absolute atomic E-state index is 12.8. The van der Waals surface area contributed by atoms with Crippen molar-refractivity contribution in [1.82, 2.24) is 10.2 Å². The zero-order valence-corrected chi connectivity index (χ0v) is 16.5. The van der Waals surface area contributed by atoms with Gasteiger partial charge in [0.25, 0.3) is 0 Å². The summed E-state index contributed by atoms with van der Waals surface area (Å²) in [5, 5.41) is 3.02. The highest BCUT2D eigenvalue weighted by Crippen LogP contribution is 2.25. The number of amides is 2. The first-order valence-electron chi connectivity index (χ1n) is 9.83. The number of hydrogen-bond donors (Lipinski definition) is 2. The maximum Gasteiger partial charge on any atom is 0.387 e. The number of rotatable bonds is 8. The van der Waals surface area contributed by atoms with Crippen molar-refractivity contribution in [2.75, 3.05) is 19.6 Å². The van der Waals surface area contributed by atoms with E-state index >= 15 is 0 Å². The van der Waals surface area contributed by atoms with E-state index in [1.807, 2.05) is 35.2 Å². The topological polar surface area (TPSA) is 84.7 Å². The Morgan fingerprint density at radius 2 is 1.77 bits per heavy atom. The van der Waals surface area contributed by atoms with E-state index in [0.29, 0.717) is 6.54 Å². The van der Waals surface area contributed by atoms with E-state index in [9.17, 15) is 18.4 Å². The first-order chi connectivity index (χ1) is 14.4. The van der Waals surface area contributed by atoms with Crippen molar-refractivity contribution in [3.05, 3.63) is 65.7 Å². The zero-order chi connectivity index (χ0) is 21.5. The number of carbonyl (C=O) groups is 2. The molecular formula is C22H25F2N3O3. The van der Waals surface area contributed by atoms with Gasteiger partial charge in [0.1, 0.15) is 5.75 Å². The smallest absolute Gasteiger partial charge is 0.387 e. The van der Waals surface area contributed by atoms with E-state index in [1.54, 1.807) is 12.1 Å². The molecule has 2 aromatic carbocycles. The molecule has 2 aromatic rings. The Bertz CT molecular complexity index is 846. The highest BCUT2D eigenvalue weighted by atomic mass is 19.3. The highest BCUT2D eigenvalue weighted by molar-refractivity contribution is 5.80. The Labute approximate surface area is 174 Å². The molecule has 2 amide bonds. The zero-order valence-electron chi connectivity index (χ0n) is 16.5. The summed E-state index contributed by atoms with van der Waals surface area (Å²) < 4.78 is 29.2. The van der Waals surface area contributed by atoms with Crippen LogP contribution in [0.2, 0.25) is 0 Å². The molecule has 3 rings (SSSR count). The fourth-order valence-corrected chi connectivity index (χ4v) is 3.69. The van der Waals surface area contributed by atoms with Crippen LogP contribution in [0.25, 0.3) is 0 Å². The highest BCUT2D eigenvalue weighted by Gasteiger charge is 2.26. The Hall–Kier alpha value is -3.00. The van der Waals surface area contributed by atoms with Crippen molar-refractivity contribution < 1.29 is 23.1 Å². The summed E-state index contributed by atoms with van der Waals surface area (Å²) in [5.41, 5.74) is 7.02. The number of benzene rings is 2. The molecule has 0 spiro atoms. The third kappa shape index (κ3) is 6.00. The number of nitrogens with two attached hydrogens (primary N) is 1. The summed E-state index contributed by atoms with van der Waals surface area (Å²) in [6.45, 7) is -1.54. The lowest BCUT2D eigenvalue weighted by Gasteiger charge is -2.31. The minimum absolute atomic E-state index is 0.0534. The van der Waals surface area contributed by atoms with Crippen LogP contribution >= 0.6 is 0 Å². The molecule has 160 valence electrons. The van der Waals surface area contributed by atoms with Gasteiger partial charge in [0, 0.05) is 6.54 Å². The number of halogens is 2. The Morgan fingerprint density at radius 3 is 2.40 bits per heavy atom. The number of primary amides is 1. The molecule has 1 aliphatic rings. The van der Waals surface area contributed by atoms with Gasteiger partial charge in [0.05, 0.1) is 18.5 Å². The van der Waals surface area contributed by atoms with E-state index in [0.717, 1.165) is 30.5 Å².